The van der Waals surface area contributed by atoms with Crippen LogP contribution in [-0.4, -0.2) is 44.7 Å². The van der Waals surface area contributed by atoms with Gasteiger partial charge in [-0.1, -0.05) is 54.6 Å². The van der Waals surface area contributed by atoms with Crippen LogP contribution < -0.4 is 10.1 Å². The molecule has 0 atom stereocenters. The monoisotopic (exact) mass is 579 g/mol. The van der Waals surface area contributed by atoms with Gasteiger partial charge in [-0.15, -0.1) is 0 Å². The molecule has 220 valence electrons. The number of hydrogen-bond donors (Lipinski definition) is 1. The van der Waals surface area contributed by atoms with Crippen LogP contribution in [-0.2, 0) is 20.2 Å². The number of carbonyl (C=O) groups excluding carboxylic acids is 1. The van der Waals surface area contributed by atoms with Gasteiger partial charge in [0, 0.05) is 12.5 Å². The Labute approximate surface area is 244 Å². The van der Waals surface area contributed by atoms with Crippen LogP contribution in [0.3, 0.4) is 0 Å². The maximum absolute atomic E-state index is 13.6. The number of alkyl halides is 3. The van der Waals surface area contributed by atoms with Gasteiger partial charge >= 0.3 is 19.4 Å². The molecule has 5 rings (SSSR count). The third-order valence-electron chi connectivity index (χ3n) is 8.18. The molecule has 42 heavy (non-hydrogen) atoms. The van der Waals surface area contributed by atoms with Crippen molar-refractivity contribution in [2.75, 3.05) is 20.3 Å². The summed E-state index contributed by atoms with van der Waals surface area (Å²) in [5.74, 6) is -0.0623. The van der Waals surface area contributed by atoms with Gasteiger partial charge < -0.3 is 24.1 Å². The zero-order valence-corrected chi connectivity index (χ0v) is 24.2. The first-order valence-corrected chi connectivity index (χ1v) is 13.7. The molecule has 3 aromatic rings. The van der Waals surface area contributed by atoms with Crippen molar-refractivity contribution in [3.8, 4) is 16.9 Å². The lowest BCUT2D eigenvalue weighted by Gasteiger charge is -2.32. The number of rotatable bonds is 7. The molecule has 1 aliphatic heterocycles. The summed E-state index contributed by atoms with van der Waals surface area (Å²) in [7, 11) is 0.390. The average molecular weight is 579 g/mol. The van der Waals surface area contributed by atoms with Crippen LogP contribution >= 0.6 is 0 Å². The molecule has 1 saturated heterocycles. The molecule has 0 radical (unpaired) electrons. The van der Waals surface area contributed by atoms with Gasteiger partial charge in [-0.3, -0.25) is 0 Å². The third kappa shape index (κ3) is 5.92. The Kier molecular flexibility index (Phi) is 7.89. The summed E-state index contributed by atoms with van der Waals surface area (Å²) in [5.41, 5.74) is 2.79. The van der Waals surface area contributed by atoms with Crippen molar-refractivity contribution < 1.29 is 36.7 Å². The Morgan fingerprint density at radius 2 is 1.52 bits per heavy atom. The van der Waals surface area contributed by atoms with Crippen LogP contribution in [0.25, 0.3) is 17.2 Å². The number of alkyl carbamates (subject to hydrolysis) is 1. The van der Waals surface area contributed by atoms with Crippen molar-refractivity contribution in [1.29, 1.82) is 0 Å². The number of amides is 1. The fourth-order valence-corrected chi connectivity index (χ4v) is 5.22. The van der Waals surface area contributed by atoms with E-state index in [-0.39, 0.29) is 30.4 Å². The number of benzene rings is 3. The van der Waals surface area contributed by atoms with Gasteiger partial charge in [0.25, 0.3) is 0 Å². The van der Waals surface area contributed by atoms with E-state index in [9.17, 15) is 18.0 Å². The number of hydrogen-bond acceptors (Lipinski definition) is 5. The fraction of sp³-hybridized carbons (Fsp3) is 0.344. The first kappa shape index (κ1) is 29.7. The van der Waals surface area contributed by atoms with Gasteiger partial charge in [0.1, 0.15) is 12.4 Å². The van der Waals surface area contributed by atoms with E-state index >= 15 is 0 Å². The molecule has 1 aliphatic carbocycles. The van der Waals surface area contributed by atoms with E-state index in [0.29, 0.717) is 5.47 Å². The van der Waals surface area contributed by atoms with E-state index in [1.54, 1.807) is 0 Å². The van der Waals surface area contributed by atoms with Crippen LogP contribution in [0.4, 0.5) is 18.0 Å². The smallest absolute Gasteiger partial charge is 0.492 e. The number of halogens is 3. The lowest BCUT2D eigenvalue weighted by Crippen LogP contribution is -2.41. The van der Waals surface area contributed by atoms with Gasteiger partial charge in [0.15, 0.2) is 0 Å². The summed E-state index contributed by atoms with van der Waals surface area (Å²) < 4.78 is 63.8. The van der Waals surface area contributed by atoms with E-state index in [4.69, 9.17) is 18.8 Å². The Hall–Kier alpha value is -3.76. The SMILES string of the molecule is COc1cc(C=C(CNC(=O)OCC2c3ccccc3-c3ccccc32)B2OC(C)(C)C(C)(C)O2)cc(C(F)(F)F)c1. The molecule has 1 heterocycles. The Bertz CT molecular complexity index is 1460. The van der Waals surface area contributed by atoms with Gasteiger partial charge in [-0.05, 0) is 79.2 Å². The van der Waals surface area contributed by atoms with Crippen molar-refractivity contribution in [2.24, 2.45) is 0 Å². The Morgan fingerprint density at radius 1 is 0.952 bits per heavy atom. The average Bonchev–Trinajstić information content (AvgIpc) is 3.37. The van der Waals surface area contributed by atoms with Gasteiger partial charge in [0.2, 0.25) is 0 Å². The highest BCUT2D eigenvalue weighted by Gasteiger charge is 2.52. The minimum Gasteiger partial charge on any atom is -0.497 e. The minimum absolute atomic E-state index is 0.0499. The first-order valence-electron chi connectivity index (χ1n) is 13.7. The van der Waals surface area contributed by atoms with Gasteiger partial charge in [-0.25, -0.2) is 4.79 Å². The predicted octanol–water partition coefficient (Wildman–Crippen LogP) is 7.27. The largest absolute Gasteiger partial charge is 0.497 e. The van der Waals surface area contributed by atoms with Crippen LogP contribution in [0, 0.1) is 0 Å². The van der Waals surface area contributed by atoms with Crippen molar-refractivity contribution in [1.82, 2.24) is 5.32 Å². The van der Waals surface area contributed by atoms with Crippen LogP contribution in [0.1, 0.15) is 55.9 Å². The van der Waals surface area contributed by atoms with Crippen LogP contribution in [0.2, 0.25) is 0 Å². The number of nitrogens with one attached hydrogen (secondary N) is 1. The van der Waals surface area contributed by atoms with E-state index < -0.39 is 36.2 Å². The first-order chi connectivity index (χ1) is 19.8. The highest BCUT2D eigenvalue weighted by molar-refractivity contribution is 6.56. The molecule has 0 spiro atoms. The molecule has 0 saturated carbocycles. The van der Waals surface area contributed by atoms with E-state index in [1.165, 1.54) is 19.3 Å². The number of ether oxygens (including phenoxy) is 2. The molecule has 10 heteroatoms. The molecule has 6 nitrogen and oxygen atoms in total. The summed E-state index contributed by atoms with van der Waals surface area (Å²) in [4.78, 5) is 12.9. The van der Waals surface area contributed by atoms with Crippen molar-refractivity contribution in [2.45, 2.75) is 51.0 Å². The predicted molar refractivity (Wildman–Crippen MR) is 155 cm³/mol. The standard InChI is InChI=1S/C32H33BF3NO5/c1-30(2)31(3,4)42-33(41-30)22(15-20-14-21(32(34,35)36)17-23(16-20)39-5)18-37-29(38)40-19-28-26-12-8-6-10-24(26)25-11-7-9-13-27(25)28/h6-17,28H,18-19H2,1-5H3,(H,37,38). The van der Waals surface area contributed by atoms with Gasteiger partial charge in [-0.2, -0.15) is 13.2 Å². The summed E-state index contributed by atoms with van der Waals surface area (Å²) in [5, 5.41) is 2.74. The molecule has 3 aromatic carbocycles. The van der Waals surface area contributed by atoms with Crippen molar-refractivity contribution >= 4 is 19.3 Å². The van der Waals surface area contributed by atoms with Crippen LogP contribution in [0.5, 0.6) is 5.75 Å². The molecular weight excluding hydrogens is 546 g/mol. The zero-order chi connectivity index (χ0) is 30.3. The zero-order valence-electron chi connectivity index (χ0n) is 24.2. The topological polar surface area (TPSA) is 66.0 Å². The highest BCUT2D eigenvalue weighted by Crippen LogP contribution is 2.44. The fourth-order valence-electron chi connectivity index (χ4n) is 5.22. The molecule has 2 aliphatic rings. The molecule has 1 N–H and O–H groups in total. The quantitative estimate of drug-likeness (QED) is 0.299. The molecular formula is C32H33BF3NO5. The summed E-state index contributed by atoms with van der Waals surface area (Å²) in [6.45, 7) is 7.54. The second-order valence-corrected chi connectivity index (χ2v) is 11.5. The van der Waals surface area contributed by atoms with E-state index in [1.807, 2.05) is 64.1 Å². The Morgan fingerprint density at radius 3 is 2.07 bits per heavy atom. The van der Waals surface area contributed by atoms with E-state index in [0.717, 1.165) is 34.4 Å². The Balaban J connectivity index is 1.36. The molecule has 0 unspecified atom stereocenters. The molecule has 1 amide bonds. The highest BCUT2D eigenvalue weighted by atomic mass is 19.4. The lowest BCUT2D eigenvalue weighted by atomic mass is 9.77. The van der Waals surface area contributed by atoms with E-state index in [2.05, 4.69) is 17.4 Å². The molecule has 1 fully saturated rings. The summed E-state index contributed by atoms with van der Waals surface area (Å²) >= 11 is 0. The lowest BCUT2D eigenvalue weighted by molar-refractivity contribution is -0.137. The molecule has 0 aromatic heterocycles. The number of methoxy groups -OCH3 is 1. The van der Waals surface area contributed by atoms with Gasteiger partial charge in [0.05, 0.1) is 23.9 Å². The second-order valence-electron chi connectivity index (χ2n) is 11.5. The number of carbonyl (C=O) groups is 1. The summed E-state index contributed by atoms with van der Waals surface area (Å²) in [6.07, 6.45) is -3.72. The second kappa shape index (κ2) is 11.1. The van der Waals surface area contributed by atoms with Crippen molar-refractivity contribution in [3.05, 3.63) is 94.5 Å². The van der Waals surface area contributed by atoms with Crippen molar-refractivity contribution in [3.63, 3.8) is 0 Å². The third-order valence-corrected chi connectivity index (χ3v) is 8.18. The minimum atomic E-state index is -4.57. The van der Waals surface area contributed by atoms with Crippen LogP contribution in [0.15, 0.2) is 72.2 Å². The maximum atomic E-state index is 13.6. The number of fused-ring (bicyclic) bond motifs is 3. The normalized spacial score (nSPS) is 17.5. The molecule has 0 bridgehead atoms. The maximum Gasteiger partial charge on any atom is 0.492 e. The summed E-state index contributed by atoms with van der Waals surface area (Å²) in [6, 6.07) is 19.5.